The number of hydrogen-bond acceptors (Lipinski definition) is 5. The molecular formula is C21H25FN4O2S. The molecule has 1 aliphatic carbocycles. The molecule has 1 unspecified atom stereocenters. The number of nitrogens with zero attached hydrogens (tertiary/aromatic N) is 3. The average molecular weight is 417 g/mol. The van der Waals surface area contributed by atoms with Crippen molar-refractivity contribution < 1.29 is 14.0 Å². The first kappa shape index (κ1) is 19.8. The van der Waals surface area contributed by atoms with Crippen LogP contribution >= 0.6 is 11.3 Å². The average Bonchev–Trinajstić information content (AvgIpc) is 3.16. The molecule has 2 amide bonds. The SMILES string of the molecule is CC(=O)N1CCN(c2nc3c(s2)CC(C(=O)NCc2ccccc2F)CC3)CC1. The maximum atomic E-state index is 13.7. The van der Waals surface area contributed by atoms with E-state index in [1.807, 2.05) is 4.90 Å². The number of benzene rings is 1. The lowest BCUT2D eigenvalue weighted by molar-refractivity contribution is -0.129. The third-order valence-corrected chi connectivity index (χ3v) is 6.89. The largest absolute Gasteiger partial charge is 0.352 e. The van der Waals surface area contributed by atoms with Gasteiger partial charge in [0, 0.05) is 56.0 Å². The zero-order valence-electron chi connectivity index (χ0n) is 16.5. The normalized spacial score (nSPS) is 19.0. The van der Waals surface area contributed by atoms with Crippen molar-refractivity contribution in [2.75, 3.05) is 31.1 Å². The maximum Gasteiger partial charge on any atom is 0.223 e. The number of thiazole rings is 1. The molecule has 1 aliphatic heterocycles. The molecule has 2 aromatic rings. The second kappa shape index (κ2) is 8.49. The number of fused-ring (bicyclic) bond motifs is 1. The summed E-state index contributed by atoms with van der Waals surface area (Å²) >= 11 is 1.66. The molecule has 0 spiro atoms. The van der Waals surface area contributed by atoms with Gasteiger partial charge in [-0.15, -0.1) is 11.3 Å². The van der Waals surface area contributed by atoms with Crippen molar-refractivity contribution in [3.05, 3.63) is 46.2 Å². The summed E-state index contributed by atoms with van der Waals surface area (Å²) in [5.41, 5.74) is 1.60. The minimum atomic E-state index is -0.296. The molecule has 29 heavy (non-hydrogen) atoms. The lowest BCUT2D eigenvalue weighted by atomic mass is 9.90. The van der Waals surface area contributed by atoms with E-state index in [2.05, 4.69) is 10.2 Å². The van der Waals surface area contributed by atoms with E-state index in [1.54, 1.807) is 36.5 Å². The first-order valence-corrected chi connectivity index (χ1v) is 10.8. The van der Waals surface area contributed by atoms with E-state index < -0.39 is 0 Å². The molecule has 2 aliphatic rings. The van der Waals surface area contributed by atoms with Crippen molar-refractivity contribution in [2.24, 2.45) is 5.92 Å². The quantitative estimate of drug-likeness (QED) is 0.831. The topological polar surface area (TPSA) is 65.5 Å². The minimum absolute atomic E-state index is 0.0241. The molecule has 1 fully saturated rings. The number of nitrogens with one attached hydrogen (secondary N) is 1. The summed E-state index contributed by atoms with van der Waals surface area (Å²) < 4.78 is 13.7. The van der Waals surface area contributed by atoms with E-state index in [9.17, 15) is 14.0 Å². The number of anilines is 1. The van der Waals surface area contributed by atoms with Crippen LogP contribution < -0.4 is 10.2 Å². The van der Waals surface area contributed by atoms with Crippen molar-refractivity contribution in [3.8, 4) is 0 Å². The van der Waals surface area contributed by atoms with Crippen molar-refractivity contribution in [1.82, 2.24) is 15.2 Å². The Morgan fingerprint density at radius 1 is 1.24 bits per heavy atom. The van der Waals surface area contributed by atoms with Gasteiger partial charge in [0.05, 0.1) is 5.69 Å². The van der Waals surface area contributed by atoms with Gasteiger partial charge in [0.2, 0.25) is 11.8 Å². The minimum Gasteiger partial charge on any atom is -0.352 e. The fourth-order valence-corrected chi connectivity index (χ4v) is 5.14. The fraction of sp³-hybridized carbons (Fsp3) is 0.476. The number of aryl methyl sites for hydroxylation is 1. The van der Waals surface area contributed by atoms with Crippen LogP contribution in [0.3, 0.4) is 0 Å². The van der Waals surface area contributed by atoms with Gasteiger partial charge in [-0.1, -0.05) is 18.2 Å². The summed E-state index contributed by atoms with van der Waals surface area (Å²) in [6.45, 7) is 4.84. The predicted octanol–water partition coefficient (Wildman–Crippen LogP) is 2.37. The number of hydrogen-bond donors (Lipinski definition) is 1. The van der Waals surface area contributed by atoms with Crippen LogP contribution in [0.5, 0.6) is 0 Å². The molecule has 1 aromatic carbocycles. The monoisotopic (exact) mass is 416 g/mol. The van der Waals surface area contributed by atoms with E-state index in [-0.39, 0.29) is 30.1 Å². The van der Waals surface area contributed by atoms with Crippen LogP contribution in [0.15, 0.2) is 24.3 Å². The molecule has 0 saturated carbocycles. The van der Waals surface area contributed by atoms with E-state index in [0.717, 1.165) is 49.8 Å². The first-order chi connectivity index (χ1) is 14.0. The number of aromatic nitrogens is 1. The van der Waals surface area contributed by atoms with Gasteiger partial charge in [-0.2, -0.15) is 0 Å². The van der Waals surface area contributed by atoms with Gasteiger partial charge >= 0.3 is 0 Å². The Hall–Kier alpha value is -2.48. The highest BCUT2D eigenvalue weighted by Crippen LogP contribution is 2.34. The molecule has 0 radical (unpaired) electrons. The van der Waals surface area contributed by atoms with Gasteiger partial charge < -0.3 is 15.1 Å². The van der Waals surface area contributed by atoms with Crippen LogP contribution in [0.1, 0.15) is 29.5 Å². The highest BCUT2D eigenvalue weighted by molar-refractivity contribution is 7.15. The molecular weight excluding hydrogens is 391 g/mol. The standard InChI is InChI=1S/C21H25FN4O2S/c1-14(27)25-8-10-26(11-9-25)21-24-18-7-6-15(12-19(18)29-21)20(28)23-13-16-4-2-3-5-17(16)22/h2-5,15H,6-13H2,1H3,(H,23,28). The summed E-state index contributed by atoms with van der Waals surface area (Å²) in [7, 11) is 0. The van der Waals surface area contributed by atoms with E-state index >= 15 is 0 Å². The van der Waals surface area contributed by atoms with Crippen LogP contribution in [0.4, 0.5) is 9.52 Å². The second-order valence-electron chi connectivity index (χ2n) is 7.61. The van der Waals surface area contributed by atoms with Gasteiger partial charge in [-0.05, 0) is 25.3 Å². The van der Waals surface area contributed by atoms with Gasteiger partial charge in [0.15, 0.2) is 5.13 Å². The Bertz CT molecular complexity index is 908. The number of piperazine rings is 1. The molecule has 8 heteroatoms. The van der Waals surface area contributed by atoms with E-state index in [1.165, 1.54) is 10.9 Å². The summed E-state index contributed by atoms with van der Waals surface area (Å²) in [4.78, 5) is 34.2. The molecule has 0 bridgehead atoms. The number of carbonyl (C=O) groups is 2. The Balaban J connectivity index is 1.35. The lowest BCUT2D eigenvalue weighted by Gasteiger charge is -2.33. The molecule has 4 rings (SSSR count). The summed E-state index contributed by atoms with van der Waals surface area (Å²) in [5.74, 6) is -0.302. The molecule has 1 saturated heterocycles. The van der Waals surface area contributed by atoms with Crippen LogP contribution in [0.25, 0.3) is 0 Å². The summed E-state index contributed by atoms with van der Waals surface area (Å²) in [5, 5.41) is 3.87. The van der Waals surface area contributed by atoms with Crippen LogP contribution in [0.2, 0.25) is 0 Å². The third kappa shape index (κ3) is 4.42. The Morgan fingerprint density at radius 2 is 2.00 bits per heavy atom. The zero-order valence-corrected chi connectivity index (χ0v) is 17.3. The molecule has 2 heterocycles. The van der Waals surface area contributed by atoms with Gasteiger partial charge in [-0.3, -0.25) is 9.59 Å². The third-order valence-electron chi connectivity index (χ3n) is 5.71. The smallest absolute Gasteiger partial charge is 0.223 e. The molecule has 1 atom stereocenters. The van der Waals surface area contributed by atoms with E-state index in [4.69, 9.17) is 4.98 Å². The highest BCUT2D eigenvalue weighted by Gasteiger charge is 2.29. The van der Waals surface area contributed by atoms with E-state index in [0.29, 0.717) is 12.0 Å². The van der Waals surface area contributed by atoms with Gasteiger partial charge in [0.1, 0.15) is 5.82 Å². The zero-order chi connectivity index (χ0) is 20.4. The Morgan fingerprint density at radius 3 is 2.72 bits per heavy atom. The number of amides is 2. The number of halogens is 1. The Kier molecular flexibility index (Phi) is 5.80. The van der Waals surface area contributed by atoms with Crippen molar-refractivity contribution >= 4 is 28.3 Å². The van der Waals surface area contributed by atoms with Crippen LogP contribution in [0, 0.1) is 11.7 Å². The molecule has 154 valence electrons. The second-order valence-corrected chi connectivity index (χ2v) is 8.67. The van der Waals surface area contributed by atoms with Crippen molar-refractivity contribution in [2.45, 2.75) is 32.7 Å². The Labute approximate surface area is 173 Å². The summed E-state index contributed by atoms with van der Waals surface area (Å²) in [6.07, 6.45) is 2.23. The highest BCUT2D eigenvalue weighted by atomic mass is 32.1. The van der Waals surface area contributed by atoms with Crippen molar-refractivity contribution in [1.29, 1.82) is 0 Å². The van der Waals surface area contributed by atoms with Crippen LogP contribution in [-0.2, 0) is 29.0 Å². The summed E-state index contributed by atoms with van der Waals surface area (Å²) in [6, 6.07) is 6.51. The first-order valence-electron chi connectivity index (χ1n) is 10.0. The van der Waals surface area contributed by atoms with Crippen LogP contribution in [-0.4, -0.2) is 47.9 Å². The molecule has 6 nitrogen and oxygen atoms in total. The predicted molar refractivity (Wildman–Crippen MR) is 110 cm³/mol. The number of carbonyl (C=O) groups excluding carboxylic acids is 2. The molecule has 1 aromatic heterocycles. The number of rotatable bonds is 4. The van der Waals surface area contributed by atoms with Gasteiger partial charge in [-0.25, -0.2) is 9.37 Å². The van der Waals surface area contributed by atoms with Crippen molar-refractivity contribution in [3.63, 3.8) is 0 Å². The maximum absolute atomic E-state index is 13.7. The molecule has 1 N–H and O–H groups in total. The lowest BCUT2D eigenvalue weighted by Crippen LogP contribution is -2.48. The fourth-order valence-electron chi connectivity index (χ4n) is 3.90. The van der Waals surface area contributed by atoms with Gasteiger partial charge in [0.25, 0.3) is 0 Å².